The van der Waals surface area contributed by atoms with Crippen molar-refractivity contribution in [2.75, 3.05) is 19.7 Å². The molecule has 8 heteroatoms. The second kappa shape index (κ2) is 12.0. The van der Waals surface area contributed by atoms with Gasteiger partial charge in [0, 0.05) is 6.54 Å². The van der Waals surface area contributed by atoms with Crippen molar-refractivity contribution in [3.8, 4) is 5.75 Å². The van der Waals surface area contributed by atoms with Crippen molar-refractivity contribution in [3.63, 3.8) is 0 Å². The summed E-state index contributed by atoms with van der Waals surface area (Å²) in [5.74, 6) is 0.754. The van der Waals surface area contributed by atoms with Crippen LogP contribution < -0.4 is 15.8 Å². The highest BCUT2D eigenvalue weighted by atomic mass is 127. The number of rotatable bonds is 8. The largest absolute Gasteiger partial charge is 0.489 e. The summed E-state index contributed by atoms with van der Waals surface area (Å²) in [5.41, 5.74) is 5.66. The van der Waals surface area contributed by atoms with Crippen molar-refractivity contribution in [1.82, 2.24) is 5.32 Å². The van der Waals surface area contributed by atoms with Gasteiger partial charge in [-0.15, -0.1) is 24.0 Å². The van der Waals surface area contributed by atoms with Gasteiger partial charge in [-0.2, -0.15) is 0 Å². The number of hydrogen-bond acceptors (Lipinski definition) is 3. The number of aliphatic imine (C=N–C) groups is 1. The van der Waals surface area contributed by atoms with Crippen LogP contribution in [0.15, 0.2) is 23.2 Å². The van der Waals surface area contributed by atoms with E-state index in [1.54, 1.807) is 18.2 Å². The standard InChI is InChI=1S/C14H21Cl2N3O2.HI/c1-2-3-7-18-14(17)19-8-10(20)9-21-12-6-4-5-11(15)13(12)16;/h4-6,10,20H,2-3,7-9H2,1H3,(H3,17,18,19);1H. The van der Waals surface area contributed by atoms with Crippen LogP contribution in [-0.2, 0) is 0 Å². The minimum Gasteiger partial charge on any atom is -0.489 e. The molecule has 0 aliphatic heterocycles. The van der Waals surface area contributed by atoms with Gasteiger partial charge in [-0.25, -0.2) is 0 Å². The van der Waals surface area contributed by atoms with Crippen LogP contribution in [0.3, 0.4) is 0 Å². The van der Waals surface area contributed by atoms with Crippen LogP contribution in [0, 0.1) is 0 Å². The number of nitrogens with one attached hydrogen (secondary N) is 1. The fourth-order valence-electron chi connectivity index (χ4n) is 1.49. The van der Waals surface area contributed by atoms with Gasteiger partial charge in [-0.3, -0.25) is 4.99 Å². The number of nitrogens with zero attached hydrogens (tertiary/aromatic N) is 1. The Hall–Kier alpha value is -0.440. The molecule has 1 aromatic carbocycles. The average molecular weight is 462 g/mol. The summed E-state index contributed by atoms with van der Waals surface area (Å²) in [5, 5.41) is 13.5. The molecule has 1 unspecified atom stereocenters. The molecule has 5 nitrogen and oxygen atoms in total. The molecule has 1 rings (SSSR count). The predicted molar refractivity (Wildman–Crippen MR) is 103 cm³/mol. The third-order valence-corrected chi connectivity index (χ3v) is 3.46. The Morgan fingerprint density at radius 3 is 2.86 bits per heavy atom. The number of nitrogens with two attached hydrogens (primary N) is 1. The molecule has 0 radical (unpaired) electrons. The summed E-state index contributed by atoms with van der Waals surface area (Å²) in [7, 11) is 0. The van der Waals surface area contributed by atoms with Crippen molar-refractivity contribution in [2.45, 2.75) is 25.9 Å². The molecule has 0 aromatic heterocycles. The lowest BCUT2D eigenvalue weighted by Crippen LogP contribution is -2.34. The summed E-state index contributed by atoms with van der Waals surface area (Å²) in [4.78, 5) is 4.04. The molecule has 0 saturated carbocycles. The van der Waals surface area contributed by atoms with Crippen molar-refractivity contribution in [2.24, 2.45) is 10.7 Å². The molecule has 1 aromatic rings. The lowest BCUT2D eigenvalue weighted by Gasteiger charge is -2.12. The zero-order chi connectivity index (χ0) is 15.7. The second-order valence-corrected chi connectivity index (χ2v) is 5.31. The molecule has 0 saturated heterocycles. The number of benzene rings is 1. The first-order chi connectivity index (χ1) is 10.0. The van der Waals surface area contributed by atoms with Gasteiger partial charge in [0.1, 0.15) is 23.5 Å². The summed E-state index contributed by atoms with van der Waals surface area (Å²) >= 11 is 11.9. The Morgan fingerprint density at radius 1 is 1.45 bits per heavy atom. The van der Waals surface area contributed by atoms with E-state index >= 15 is 0 Å². The average Bonchev–Trinajstić information content (AvgIpc) is 2.47. The van der Waals surface area contributed by atoms with Crippen molar-refractivity contribution in [1.29, 1.82) is 0 Å². The van der Waals surface area contributed by atoms with Crippen molar-refractivity contribution in [3.05, 3.63) is 28.2 Å². The lowest BCUT2D eigenvalue weighted by atomic mass is 10.3. The van der Waals surface area contributed by atoms with Gasteiger partial charge in [-0.05, 0) is 18.6 Å². The first kappa shape index (κ1) is 21.6. The first-order valence-corrected chi connectivity index (χ1v) is 7.58. The second-order valence-electron chi connectivity index (χ2n) is 4.52. The topological polar surface area (TPSA) is 79.9 Å². The van der Waals surface area contributed by atoms with Crippen LogP contribution >= 0.6 is 47.2 Å². The van der Waals surface area contributed by atoms with Gasteiger partial charge >= 0.3 is 0 Å². The fraction of sp³-hybridized carbons (Fsp3) is 0.500. The third-order valence-electron chi connectivity index (χ3n) is 2.66. The number of ether oxygens (including phenoxy) is 1. The molecule has 0 aliphatic rings. The summed E-state index contributed by atoms with van der Waals surface area (Å²) in [6.45, 7) is 3.09. The number of guanidine groups is 1. The van der Waals surface area contributed by atoms with E-state index < -0.39 is 6.10 Å². The van der Waals surface area contributed by atoms with Gasteiger partial charge in [0.05, 0.1) is 11.6 Å². The van der Waals surface area contributed by atoms with E-state index in [0.717, 1.165) is 19.4 Å². The van der Waals surface area contributed by atoms with E-state index in [2.05, 4.69) is 17.2 Å². The van der Waals surface area contributed by atoms with E-state index in [9.17, 15) is 5.11 Å². The highest BCUT2D eigenvalue weighted by Crippen LogP contribution is 2.31. The molecule has 0 aliphatic carbocycles. The molecule has 0 spiro atoms. The Labute approximate surface area is 158 Å². The molecule has 0 fully saturated rings. The number of halogens is 3. The smallest absolute Gasteiger partial charge is 0.188 e. The highest BCUT2D eigenvalue weighted by Gasteiger charge is 2.09. The van der Waals surface area contributed by atoms with E-state index in [1.807, 2.05) is 0 Å². The summed E-state index contributed by atoms with van der Waals surface area (Å²) < 4.78 is 5.41. The highest BCUT2D eigenvalue weighted by molar-refractivity contribution is 14.0. The molecule has 0 bridgehead atoms. The Balaban J connectivity index is 0.00000441. The lowest BCUT2D eigenvalue weighted by molar-refractivity contribution is 0.114. The van der Waals surface area contributed by atoms with Crippen LogP contribution in [0.1, 0.15) is 19.8 Å². The van der Waals surface area contributed by atoms with Crippen molar-refractivity contribution >= 4 is 53.1 Å². The van der Waals surface area contributed by atoms with E-state index in [0.29, 0.717) is 21.8 Å². The molecular weight excluding hydrogens is 440 g/mol. The normalized spacial score (nSPS) is 12.5. The maximum Gasteiger partial charge on any atom is 0.188 e. The Bertz CT molecular complexity index is 475. The maximum absolute atomic E-state index is 9.80. The van der Waals surface area contributed by atoms with Gasteiger partial charge in [0.15, 0.2) is 5.96 Å². The Morgan fingerprint density at radius 2 is 2.18 bits per heavy atom. The van der Waals surface area contributed by atoms with Crippen LogP contribution in [-0.4, -0.2) is 36.9 Å². The molecule has 22 heavy (non-hydrogen) atoms. The number of hydrogen-bond donors (Lipinski definition) is 3. The number of aliphatic hydroxyl groups excluding tert-OH is 1. The summed E-state index contributed by atoms with van der Waals surface area (Å²) in [6, 6.07) is 5.08. The van der Waals surface area contributed by atoms with E-state index in [4.69, 9.17) is 33.7 Å². The SMILES string of the molecule is CCCCNC(N)=NCC(O)COc1cccc(Cl)c1Cl.I. The predicted octanol–water partition coefficient (Wildman–Crippen LogP) is 3.06. The van der Waals surface area contributed by atoms with E-state index in [1.165, 1.54) is 0 Å². The molecule has 0 heterocycles. The van der Waals surface area contributed by atoms with Gasteiger partial charge in [-0.1, -0.05) is 42.6 Å². The van der Waals surface area contributed by atoms with Crippen LogP contribution in [0.2, 0.25) is 10.0 Å². The molecular formula is C14H22Cl2IN3O2. The van der Waals surface area contributed by atoms with Gasteiger partial charge in [0.25, 0.3) is 0 Å². The monoisotopic (exact) mass is 461 g/mol. The molecule has 0 amide bonds. The minimum absolute atomic E-state index is 0. The van der Waals surface area contributed by atoms with Crippen LogP contribution in [0.25, 0.3) is 0 Å². The third kappa shape index (κ3) is 8.26. The van der Waals surface area contributed by atoms with Gasteiger partial charge in [0.2, 0.25) is 0 Å². The Kier molecular flexibility index (Phi) is 11.8. The number of unbranched alkanes of at least 4 members (excludes halogenated alkanes) is 1. The summed E-state index contributed by atoms with van der Waals surface area (Å²) in [6.07, 6.45) is 1.33. The first-order valence-electron chi connectivity index (χ1n) is 6.83. The molecule has 126 valence electrons. The van der Waals surface area contributed by atoms with E-state index in [-0.39, 0.29) is 37.1 Å². The van der Waals surface area contributed by atoms with Crippen LogP contribution in [0.5, 0.6) is 5.75 Å². The number of aliphatic hydroxyl groups is 1. The van der Waals surface area contributed by atoms with Crippen molar-refractivity contribution < 1.29 is 9.84 Å². The van der Waals surface area contributed by atoms with Gasteiger partial charge < -0.3 is 20.9 Å². The molecule has 4 N–H and O–H groups in total. The zero-order valence-corrected chi connectivity index (χ0v) is 16.2. The molecule has 1 atom stereocenters. The maximum atomic E-state index is 9.80. The zero-order valence-electron chi connectivity index (χ0n) is 12.4. The van der Waals surface area contributed by atoms with Crippen LogP contribution in [0.4, 0.5) is 0 Å². The fourth-order valence-corrected chi connectivity index (χ4v) is 1.83. The minimum atomic E-state index is -0.772. The quantitative estimate of drug-likeness (QED) is 0.240.